The Kier molecular flexibility index (Phi) is 11.4. The smallest absolute Gasteiger partial charge is 0.326 e. The molecule has 0 bridgehead atoms. The standard InChI is InChI=1S/C14H28O8S2/c1-2-3-4-5-6-7-8-9-10-13(24(19,20)21)14(15)22-11-12-23(16,17)18/h13H,2-12H2,1H3,(H,16,17,18)(H,19,20,21). The first kappa shape index (κ1) is 23.3. The summed E-state index contributed by atoms with van der Waals surface area (Å²) in [6.07, 6.45) is 7.68. The van der Waals surface area contributed by atoms with Crippen LogP contribution in [-0.4, -0.2) is 49.5 Å². The summed E-state index contributed by atoms with van der Waals surface area (Å²) in [5, 5.41) is -1.72. The fourth-order valence-corrected chi connectivity index (χ4v) is 3.26. The topological polar surface area (TPSA) is 135 Å². The van der Waals surface area contributed by atoms with Crippen molar-refractivity contribution in [2.24, 2.45) is 0 Å². The van der Waals surface area contributed by atoms with Gasteiger partial charge in [-0.15, -0.1) is 0 Å². The molecule has 8 nitrogen and oxygen atoms in total. The van der Waals surface area contributed by atoms with E-state index in [1.165, 1.54) is 12.8 Å². The largest absolute Gasteiger partial charge is 0.463 e. The first-order valence-electron chi connectivity index (χ1n) is 8.16. The van der Waals surface area contributed by atoms with Gasteiger partial charge in [-0.2, -0.15) is 16.8 Å². The summed E-state index contributed by atoms with van der Waals surface area (Å²) in [5.41, 5.74) is 0. The lowest BCUT2D eigenvalue weighted by atomic mass is 10.1. The number of ether oxygens (including phenoxy) is 1. The average molecular weight is 389 g/mol. The van der Waals surface area contributed by atoms with E-state index in [1.54, 1.807) is 0 Å². The molecule has 0 radical (unpaired) electrons. The van der Waals surface area contributed by atoms with Crippen LogP contribution in [0.5, 0.6) is 0 Å². The number of carbonyl (C=O) groups excluding carboxylic acids is 1. The second-order valence-corrected chi connectivity index (χ2v) is 8.89. The maximum atomic E-state index is 11.7. The lowest BCUT2D eigenvalue weighted by molar-refractivity contribution is -0.142. The number of rotatable bonds is 14. The molecule has 144 valence electrons. The van der Waals surface area contributed by atoms with Gasteiger partial charge in [0.15, 0.2) is 5.25 Å². The molecule has 0 rings (SSSR count). The highest BCUT2D eigenvalue weighted by Crippen LogP contribution is 2.15. The van der Waals surface area contributed by atoms with Crippen LogP contribution in [0.15, 0.2) is 0 Å². The molecule has 0 aromatic heterocycles. The summed E-state index contributed by atoms with van der Waals surface area (Å²) >= 11 is 0. The Morgan fingerprint density at radius 3 is 1.88 bits per heavy atom. The predicted molar refractivity (Wildman–Crippen MR) is 89.9 cm³/mol. The van der Waals surface area contributed by atoms with Crippen LogP contribution in [-0.2, 0) is 29.8 Å². The van der Waals surface area contributed by atoms with Gasteiger partial charge < -0.3 is 4.74 Å². The molecule has 0 aliphatic rings. The number of carbonyl (C=O) groups is 1. The minimum atomic E-state index is -4.62. The van der Waals surface area contributed by atoms with E-state index < -0.39 is 43.8 Å². The number of esters is 1. The van der Waals surface area contributed by atoms with E-state index in [0.29, 0.717) is 6.42 Å². The van der Waals surface area contributed by atoms with Crippen LogP contribution < -0.4 is 0 Å². The zero-order valence-electron chi connectivity index (χ0n) is 14.0. The molecule has 2 N–H and O–H groups in total. The third-order valence-electron chi connectivity index (χ3n) is 3.53. The Bertz CT molecular complexity index is 553. The molecular weight excluding hydrogens is 360 g/mol. The molecule has 0 aromatic rings. The van der Waals surface area contributed by atoms with E-state index in [4.69, 9.17) is 9.11 Å². The number of hydrogen-bond donors (Lipinski definition) is 2. The van der Waals surface area contributed by atoms with Gasteiger partial charge >= 0.3 is 5.97 Å². The van der Waals surface area contributed by atoms with Crippen molar-refractivity contribution in [3.63, 3.8) is 0 Å². The average Bonchev–Trinajstić information content (AvgIpc) is 2.42. The summed E-state index contributed by atoms with van der Waals surface area (Å²) in [5.74, 6) is -2.03. The monoisotopic (exact) mass is 388 g/mol. The maximum absolute atomic E-state index is 11.7. The van der Waals surface area contributed by atoms with E-state index in [9.17, 15) is 21.6 Å². The third-order valence-corrected chi connectivity index (χ3v) is 5.36. The molecule has 1 unspecified atom stereocenters. The van der Waals surface area contributed by atoms with Gasteiger partial charge in [-0.3, -0.25) is 13.9 Å². The Morgan fingerprint density at radius 2 is 1.42 bits per heavy atom. The quantitative estimate of drug-likeness (QED) is 0.263. The van der Waals surface area contributed by atoms with Crippen molar-refractivity contribution in [3.8, 4) is 0 Å². The van der Waals surface area contributed by atoms with Crippen LogP contribution in [0.1, 0.15) is 64.7 Å². The fourth-order valence-electron chi connectivity index (χ4n) is 2.19. The summed E-state index contributed by atoms with van der Waals surface area (Å²) in [4.78, 5) is 11.7. The third kappa shape index (κ3) is 12.7. The molecule has 0 amide bonds. The molecule has 0 spiro atoms. The van der Waals surface area contributed by atoms with Crippen molar-refractivity contribution in [3.05, 3.63) is 0 Å². The van der Waals surface area contributed by atoms with Gasteiger partial charge in [-0.05, 0) is 6.42 Å². The van der Waals surface area contributed by atoms with E-state index in [0.717, 1.165) is 32.1 Å². The Hall–Kier alpha value is -0.710. The Morgan fingerprint density at radius 1 is 0.917 bits per heavy atom. The van der Waals surface area contributed by atoms with Crippen LogP contribution in [0, 0.1) is 0 Å². The predicted octanol–water partition coefficient (Wildman–Crippen LogP) is 2.20. The van der Waals surface area contributed by atoms with Crippen molar-refractivity contribution < 1.29 is 35.5 Å². The van der Waals surface area contributed by atoms with Crippen molar-refractivity contribution in [2.45, 2.75) is 70.0 Å². The van der Waals surface area contributed by atoms with Crippen molar-refractivity contribution in [1.29, 1.82) is 0 Å². The van der Waals surface area contributed by atoms with E-state index in [-0.39, 0.29) is 6.42 Å². The van der Waals surface area contributed by atoms with Gasteiger partial charge in [0.2, 0.25) is 0 Å². The number of unbranched alkanes of at least 4 members (excludes halogenated alkanes) is 7. The lowest BCUT2D eigenvalue weighted by Gasteiger charge is -2.13. The molecule has 0 aliphatic carbocycles. The van der Waals surface area contributed by atoms with Crippen molar-refractivity contribution in [1.82, 2.24) is 0 Å². The molecule has 0 aromatic carbocycles. The molecule has 24 heavy (non-hydrogen) atoms. The van der Waals surface area contributed by atoms with Gasteiger partial charge in [-0.1, -0.05) is 58.3 Å². The summed E-state index contributed by atoms with van der Waals surface area (Å²) in [7, 11) is -8.93. The molecule has 0 fully saturated rings. The number of hydrogen-bond acceptors (Lipinski definition) is 6. The molecule has 1 atom stereocenters. The van der Waals surface area contributed by atoms with Crippen LogP contribution in [0.3, 0.4) is 0 Å². The molecule has 0 heterocycles. The Labute approximate surface area is 144 Å². The zero-order chi connectivity index (χ0) is 18.6. The highest BCUT2D eigenvalue weighted by molar-refractivity contribution is 7.87. The van der Waals surface area contributed by atoms with Gasteiger partial charge in [-0.25, -0.2) is 0 Å². The van der Waals surface area contributed by atoms with Crippen molar-refractivity contribution in [2.75, 3.05) is 12.4 Å². The van der Waals surface area contributed by atoms with E-state index in [1.807, 2.05) is 0 Å². The zero-order valence-corrected chi connectivity index (χ0v) is 15.6. The maximum Gasteiger partial charge on any atom is 0.326 e. The lowest BCUT2D eigenvalue weighted by Crippen LogP contribution is -2.32. The highest BCUT2D eigenvalue weighted by Gasteiger charge is 2.32. The molecule has 0 saturated heterocycles. The van der Waals surface area contributed by atoms with Gasteiger partial charge in [0.1, 0.15) is 12.4 Å². The summed E-state index contributed by atoms with van der Waals surface area (Å²) in [6.45, 7) is 1.46. The van der Waals surface area contributed by atoms with Gasteiger partial charge in [0, 0.05) is 0 Å². The fraction of sp³-hybridized carbons (Fsp3) is 0.929. The molecule has 0 saturated carbocycles. The van der Waals surface area contributed by atoms with Crippen LogP contribution in [0.2, 0.25) is 0 Å². The molecule has 0 aliphatic heterocycles. The van der Waals surface area contributed by atoms with Crippen molar-refractivity contribution >= 4 is 26.2 Å². The highest BCUT2D eigenvalue weighted by atomic mass is 32.2. The van der Waals surface area contributed by atoms with Gasteiger partial charge in [0.25, 0.3) is 20.2 Å². The second kappa shape index (κ2) is 11.8. The Balaban J connectivity index is 4.17. The van der Waals surface area contributed by atoms with Crippen LogP contribution in [0.4, 0.5) is 0 Å². The SMILES string of the molecule is CCCCCCCCCCC(C(=O)OCCS(=O)(=O)O)S(=O)(=O)O. The molecular formula is C14H28O8S2. The first-order valence-corrected chi connectivity index (χ1v) is 11.3. The normalized spacial score (nSPS) is 13.6. The van der Waals surface area contributed by atoms with Gasteiger partial charge in [0.05, 0.1) is 0 Å². The first-order chi connectivity index (χ1) is 11.1. The van der Waals surface area contributed by atoms with E-state index >= 15 is 0 Å². The molecule has 10 heteroatoms. The summed E-state index contributed by atoms with van der Waals surface area (Å²) in [6, 6.07) is 0. The van der Waals surface area contributed by atoms with E-state index in [2.05, 4.69) is 11.7 Å². The van der Waals surface area contributed by atoms with Crippen LogP contribution >= 0.6 is 0 Å². The summed E-state index contributed by atoms with van der Waals surface area (Å²) < 4.78 is 65.7. The second-order valence-electron chi connectivity index (χ2n) is 5.72. The minimum Gasteiger partial charge on any atom is -0.463 e. The minimum absolute atomic E-state index is 0.0848. The van der Waals surface area contributed by atoms with Crippen LogP contribution in [0.25, 0.3) is 0 Å².